The fourth-order valence-electron chi connectivity index (χ4n) is 11.8. The monoisotopic (exact) mass is 871 g/mol. The molecule has 0 amide bonds. The first-order valence-electron chi connectivity index (χ1n) is 25.1. The van der Waals surface area contributed by atoms with Gasteiger partial charge in [0.2, 0.25) is 0 Å². The Bertz CT molecular complexity index is 1650. The van der Waals surface area contributed by atoms with Crippen LogP contribution in [0.4, 0.5) is 0 Å². The van der Waals surface area contributed by atoms with Gasteiger partial charge in [-0.3, -0.25) is 4.79 Å². The normalized spacial score (nSPS) is 36.0. The van der Waals surface area contributed by atoms with Gasteiger partial charge in [-0.25, -0.2) is 0 Å². The molecule has 1 aliphatic heterocycles. The molecule has 5 aliphatic rings. The summed E-state index contributed by atoms with van der Waals surface area (Å²) in [4.78, 5) is 12.6. The molecule has 3 saturated carbocycles. The van der Waals surface area contributed by atoms with Crippen molar-refractivity contribution >= 4 is 5.97 Å². The van der Waals surface area contributed by atoms with E-state index in [0.717, 1.165) is 82.0 Å². The first-order valence-corrected chi connectivity index (χ1v) is 25.1. The first kappa shape index (κ1) is 51.2. The number of carbonyl (C=O) groups is 1. The number of rotatable bonds is 22. The van der Waals surface area contributed by atoms with E-state index in [-0.39, 0.29) is 24.5 Å². The summed E-state index contributed by atoms with van der Waals surface area (Å²) >= 11 is 0. The Labute approximate surface area is 382 Å². The SMILES string of the molecule is CC/C=C\C/C=C\C/C=C\C/C=C\C/C=C\C/C=C\CCC(=O)OCC1OC(OC2CCC3(C)C(=CCC4C3CCC3(C)C(C(C)/C=C/C(C)C(C)C)CCC43)C2)C(O)C(O)C1O. The lowest BCUT2D eigenvalue weighted by Crippen LogP contribution is -2.60. The van der Waals surface area contributed by atoms with Crippen molar-refractivity contribution in [3.8, 4) is 0 Å². The van der Waals surface area contributed by atoms with Gasteiger partial charge in [-0.1, -0.05) is 145 Å². The summed E-state index contributed by atoms with van der Waals surface area (Å²) in [5.41, 5.74) is 2.01. The maximum atomic E-state index is 12.6. The Morgan fingerprint density at radius 2 is 1.38 bits per heavy atom. The van der Waals surface area contributed by atoms with Gasteiger partial charge in [0.1, 0.15) is 31.0 Å². The second-order valence-corrected chi connectivity index (χ2v) is 20.5. The van der Waals surface area contributed by atoms with Crippen LogP contribution < -0.4 is 0 Å². The van der Waals surface area contributed by atoms with Crippen LogP contribution >= 0.6 is 0 Å². The summed E-state index contributed by atoms with van der Waals surface area (Å²) in [5, 5.41) is 32.5. The van der Waals surface area contributed by atoms with E-state index < -0.39 is 36.7 Å². The Balaban J connectivity index is 1.01. The van der Waals surface area contributed by atoms with E-state index in [1.807, 2.05) is 12.2 Å². The van der Waals surface area contributed by atoms with Gasteiger partial charge in [0.15, 0.2) is 6.29 Å². The zero-order valence-corrected chi connectivity index (χ0v) is 40.2. The van der Waals surface area contributed by atoms with Gasteiger partial charge in [-0.2, -0.15) is 0 Å². The zero-order chi connectivity index (χ0) is 45.4. The predicted octanol–water partition coefficient (Wildman–Crippen LogP) is 12.3. The molecule has 0 aromatic carbocycles. The lowest BCUT2D eigenvalue weighted by Gasteiger charge is -2.58. The Kier molecular flexibility index (Phi) is 20.5. The molecule has 1 heterocycles. The van der Waals surface area contributed by atoms with E-state index in [1.54, 1.807) is 0 Å². The van der Waals surface area contributed by atoms with E-state index in [4.69, 9.17) is 14.2 Å². The number of allylic oxidation sites excluding steroid dienone is 15. The molecule has 7 nitrogen and oxygen atoms in total. The zero-order valence-electron chi connectivity index (χ0n) is 40.2. The predicted molar refractivity (Wildman–Crippen MR) is 257 cm³/mol. The maximum Gasteiger partial charge on any atom is 0.306 e. The largest absolute Gasteiger partial charge is 0.463 e. The molecule has 3 N–H and O–H groups in total. The smallest absolute Gasteiger partial charge is 0.306 e. The number of hydrogen-bond acceptors (Lipinski definition) is 7. The van der Waals surface area contributed by atoms with Crippen molar-refractivity contribution in [2.24, 2.45) is 52.3 Å². The van der Waals surface area contributed by atoms with Gasteiger partial charge < -0.3 is 29.5 Å². The Morgan fingerprint density at radius 1 is 0.762 bits per heavy atom. The van der Waals surface area contributed by atoms with E-state index in [0.29, 0.717) is 35.5 Å². The summed E-state index contributed by atoms with van der Waals surface area (Å²) in [6.07, 6.45) is 42.2. The molecule has 0 bridgehead atoms. The number of aliphatic hydroxyl groups is 3. The minimum atomic E-state index is -1.47. The van der Waals surface area contributed by atoms with Crippen LogP contribution in [0.25, 0.3) is 0 Å². The van der Waals surface area contributed by atoms with Gasteiger partial charge in [0.05, 0.1) is 6.10 Å². The van der Waals surface area contributed by atoms with E-state index in [1.165, 1.54) is 31.3 Å². The van der Waals surface area contributed by atoms with Crippen molar-refractivity contribution in [1.29, 1.82) is 0 Å². The van der Waals surface area contributed by atoms with Crippen LogP contribution in [0.15, 0.2) is 96.7 Å². The fraction of sp³-hybridized carbons (Fsp3) is 0.696. The van der Waals surface area contributed by atoms with Crippen LogP contribution in [-0.4, -0.2) is 64.7 Å². The van der Waals surface area contributed by atoms with Gasteiger partial charge in [-0.05, 0) is 149 Å². The van der Waals surface area contributed by atoms with Crippen LogP contribution in [-0.2, 0) is 19.0 Å². The van der Waals surface area contributed by atoms with Gasteiger partial charge in [0, 0.05) is 6.42 Å². The van der Waals surface area contributed by atoms with Crippen LogP contribution in [0.1, 0.15) is 151 Å². The molecule has 5 rings (SSSR count). The van der Waals surface area contributed by atoms with Crippen molar-refractivity contribution in [2.45, 2.75) is 188 Å². The number of esters is 1. The quantitative estimate of drug-likeness (QED) is 0.0735. The van der Waals surface area contributed by atoms with Crippen LogP contribution in [0, 0.1) is 52.3 Å². The van der Waals surface area contributed by atoms with E-state index in [2.05, 4.69) is 127 Å². The third-order valence-corrected chi connectivity index (χ3v) is 16.1. The second kappa shape index (κ2) is 25.2. The van der Waals surface area contributed by atoms with Crippen molar-refractivity contribution in [1.82, 2.24) is 0 Å². The van der Waals surface area contributed by atoms with Crippen molar-refractivity contribution < 1.29 is 34.3 Å². The molecular formula is C56H86O7. The molecule has 63 heavy (non-hydrogen) atoms. The number of hydrogen-bond donors (Lipinski definition) is 3. The highest BCUT2D eigenvalue weighted by Gasteiger charge is 2.59. The molecule has 0 spiro atoms. The standard InChI is InChI=1S/C56H86O7/c1-8-9-10-11-12-13-14-15-16-17-18-19-20-21-22-23-24-25-26-27-50(57)61-39-49-51(58)52(59)53(60)54(63-49)62-44-34-36-55(6)43(38-44)30-31-45-47-33-32-46(56(47,7)37-35-48(45)55)42(5)29-28-41(4)40(2)3/h9-10,12-13,15-16,18-19,21-22,24-25,28-30,40-42,44-49,51-54,58-60H,8,11,14,17,20,23,26-27,31-39H2,1-7H3/b10-9-,13-12-,16-15-,19-18-,22-21-,25-24-,29-28+. The van der Waals surface area contributed by atoms with Crippen LogP contribution in [0.2, 0.25) is 0 Å². The Hall–Kier alpha value is -2.81. The second-order valence-electron chi connectivity index (χ2n) is 20.5. The van der Waals surface area contributed by atoms with Crippen molar-refractivity contribution in [3.05, 3.63) is 96.7 Å². The minimum Gasteiger partial charge on any atom is -0.463 e. The van der Waals surface area contributed by atoms with Gasteiger partial charge >= 0.3 is 5.97 Å². The molecule has 4 aliphatic carbocycles. The fourth-order valence-corrected chi connectivity index (χ4v) is 11.8. The summed E-state index contributed by atoms with van der Waals surface area (Å²) < 4.78 is 17.9. The molecule has 0 radical (unpaired) electrons. The molecule has 14 unspecified atom stereocenters. The van der Waals surface area contributed by atoms with Crippen LogP contribution in [0.5, 0.6) is 0 Å². The number of fused-ring (bicyclic) bond motifs is 5. The van der Waals surface area contributed by atoms with Crippen LogP contribution in [0.3, 0.4) is 0 Å². The third-order valence-electron chi connectivity index (χ3n) is 16.1. The highest BCUT2D eigenvalue weighted by atomic mass is 16.7. The summed E-state index contributed by atoms with van der Waals surface area (Å²) in [7, 11) is 0. The molecule has 4 fully saturated rings. The highest BCUT2D eigenvalue weighted by Crippen LogP contribution is 2.67. The summed E-state index contributed by atoms with van der Waals surface area (Å²) in [6, 6.07) is 0. The lowest BCUT2D eigenvalue weighted by atomic mass is 9.47. The van der Waals surface area contributed by atoms with E-state index >= 15 is 0 Å². The van der Waals surface area contributed by atoms with Gasteiger partial charge in [0.25, 0.3) is 0 Å². The molecule has 0 aromatic rings. The number of ether oxygens (including phenoxy) is 3. The van der Waals surface area contributed by atoms with Crippen molar-refractivity contribution in [3.63, 3.8) is 0 Å². The lowest BCUT2D eigenvalue weighted by molar-refractivity contribution is -0.313. The summed E-state index contributed by atoms with van der Waals surface area (Å²) in [5.74, 6) is 4.40. The molecule has 7 heteroatoms. The number of carbonyl (C=O) groups excluding carboxylic acids is 1. The molecule has 0 aromatic heterocycles. The average Bonchev–Trinajstić information content (AvgIpc) is 3.63. The minimum absolute atomic E-state index is 0.143. The number of aliphatic hydroxyl groups excluding tert-OH is 3. The molecular weight excluding hydrogens is 785 g/mol. The Morgan fingerprint density at radius 3 is 2.00 bits per heavy atom. The maximum absolute atomic E-state index is 12.6. The first-order chi connectivity index (χ1) is 30.3. The molecule has 352 valence electrons. The van der Waals surface area contributed by atoms with E-state index in [9.17, 15) is 20.1 Å². The highest BCUT2D eigenvalue weighted by molar-refractivity contribution is 5.69. The summed E-state index contributed by atoms with van der Waals surface area (Å²) in [6.45, 7) is 16.5. The average molecular weight is 871 g/mol. The molecule has 1 saturated heterocycles. The topological polar surface area (TPSA) is 105 Å². The van der Waals surface area contributed by atoms with Crippen molar-refractivity contribution in [2.75, 3.05) is 6.61 Å². The molecule has 14 atom stereocenters. The third kappa shape index (κ3) is 13.9. The van der Waals surface area contributed by atoms with Gasteiger partial charge in [-0.15, -0.1) is 0 Å².